The van der Waals surface area contributed by atoms with Gasteiger partial charge >= 0.3 is 0 Å². The average molecular weight is 326 g/mol. The van der Waals surface area contributed by atoms with Crippen LogP contribution in [0.5, 0.6) is 0 Å². The number of nitrogens with zero attached hydrogens (tertiary/aromatic N) is 1. The Bertz CT molecular complexity index is 730. The summed E-state index contributed by atoms with van der Waals surface area (Å²) in [5, 5.41) is 3.66. The predicted molar refractivity (Wildman–Crippen MR) is 86.2 cm³/mol. The zero-order valence-corrected chi connectivity index (χ0v) is 13.3. The van der Waals surface area contributed by atoms with E-state index >= 15 is 0 Å². The lowest BCUT2D eigenvalue weighted by molar-refractivity contribution is 0.607. The molecular weight excluding hydrogens is 310 g/mol. The van der Waals surface area contributed by atoms with Crippen molar-refractivity contribution in [1.29, 1.82) is 0 Å². The van der Waals surface area contributed by atoms with Crippen LogP contribution in [0.1, 0.15) is 11.3 Å². The molecule has 2 rings (SSSR count). The normalized spacial score (nSPS) is 11.2. The van der Waals surface area contributed by atoms with Gasteiger partial charge in [0.1, 0.15) is 0 Å². The minimum atomic E-state index is -3.31. The highest BCUT2D eigenvalue weighted by Crippen LogP contribution is 2.26. The molecule has 1 aromatic heterocycles. The van der Waals surface area contributed by atoms with E-state index in [1.165, 1.54) is 0 Å². The van der Waals surface area contributed by atoms with Crippen molar-refractivity contribution in [2.45, 2.75) is 13.5 Å². The topological polar surface area (TPSA) is 71.1 Å². The van der Waals surface area contributed by atoms with E-state index in [9.17, 15) is 8.42 Å². The number of halogens is 1. The van der Waals surface area contributed by atoms with Gasteiger partial charge in [-0.25, -0.2) is 8.42 Å². The fourth-order valence-corrected chi connectivity index (χ4v) is 2.47. The lowest BCUT2D eigenvalue weighted by Crippen LogP contribution is -2.10. The molecule has 21 heavy (non-hydrogen) atoms. The zero-order valence-electron chi connectivity index (χ0n) is 11.7. The summed E-state index contributed by atoms with van der Waals surface area (Å²) < 4.78 is 24.9. The fourth-order valence-electron chi connectivity index (χ4n) is 1.73. The third kappa shape index (κ3) is 4.91. The largest absolute Gasteiger partial charge is 0.378 e. The van der Waals surface area contributed by atoms with Gasteiger partial charge in [-0.15, -0.1) is 0 Å². The molecule has 0 radical (unpaired) electrons. The summed E-state index contributed by atoms with van der Waals surface area (Å²) in [5.41, 5.74) is 3.07. The van der Waals surface area contributed by atoms with E-state index < -0.39 is 10.0 Å². The van der Waals surface area contributed by atoms with Gasteiger partial charge in [-0.2, -0.15) is 0 Å². The average Bonchev–Trinajstić information content (AvgIpc) is 2.39. The van der Waals surface area contributed by atoms with E-state index in [2.05, 4.69) is 15.0 Å². The molecular formula is C14H16ClN3O2S. The van der Waals surface area contributed by atoms with Gasteiger partial charge in [0.05, 0.1) is 34.9 Å². The summed E-state index contributed by atoms with van der Waals surface area (Å²) in [7, 11) is -3.31. The van der Waals surface area contributed by atoms with E-state index in [0.717, 1.165) is 17.5 Å². The van der Waals surface area contributed by atoms with Gasteiger partial charge < -0.3 is 5.32 Å². The van der Waals surface area contributed by atoms with Crippen LogP contribution in [0.3, 0.4) is 0 Å². The maximum Gasteiger partial charge on any atom is 0.229 e. The van der Waals surface area contributed by atoms with Gasteiger partial charge in [-0.05, 0) is 36.8 Å². The Balaban J connectivity index is 2.12. The first kappa shape index (κ1) is 15.6. The molecule has 0 spiro atoms. The molecule has 2 N–H and O–H groups in total. The molecule has 0 saturated carbocycles. The van der Waals surface area contributed by atoms with Crippen LogP contribution in [-0.4, -0.2) is 19.7 Å². The van der Waals surface area contributed by atoms with Crippen molar-refractivity contribution in [2.75, 3.05) is 16.3 Å². The summed E-state index contributed by atoms with van der Waals surface area (Å²) in [4.78, 5) is 4.29. The Hall–Kier alpha value is -1.79. The van der Waals surface area contributed by atoms with Crippen LogP contribution in [0.2, 0.25) is 5.02 Å². The lowest BCUT2D eigenvalue weighted by Gasteiger charge is -2.11. The zero-order chi connectivity index (χ0) is 15.5. The smallest absolute Gasteiger partial charge is 0.229 e. The van der Waals surface area contributed by atoms with E-state index in [4.69, 9.17) is 11.6 Å². The first-order valence-electron chi connectivity index (χ1n) is 6.26. The Morgan fingerprint density at radius 2 is 2.00 bits per heavy atom. The molecule has 0 aliphatic rings. The molecule has 0 aliphatic carbocycles. The minimum absolute atomic E-state index is 0.460. The van der Waals surface area contributed by atoms with Crippen molar-refractivity contribution in [3.63, 3.8) is 0 Å². The van der Waals surface area contributed by atoms with Crippen LogP contribution in [0, 0.1) is 6.92 Å². The highest BCUT2D eigenvalue weighted by molar-refractivity contribution is 7.92. The maximum absolute atomic E-state index is 11.2. The Morgan fingerprint density at radius 3 is 2.62 bits per heavy atom. The fraction of sp³-hybridized carbons (Fsp3) is 0.214. The summed E-state index contributed by atoms with van der Waals surface area (Å²) >= 11 is 6.10. The van der Waals surface area contributed by atoms with Gasteiger partial charge in [0.15, 0.2) is 0 Å². The predicted octanol–water partition coefficient (Wildman–Crippen LogP) is 3.03. The monoisotopic (exact) mass is 325 g/mol. The summed E-state index contributed by atoms with van der Waals surface area (Å²) in [6, 6.07) is 8.80. The number of pyridine rings is 1. The maximum atomic E-state index is 11.2. The van der Waals surface area contributed by atoms with E-state index in [-0.39, 0.29) is 0 Å². The number of hydrogen-bond donors (Lipinski definition) is 2. The van der Waals surface area contributed by atoms with Crippen molar-refractivity contribution < 1.29 is 8.42 Å². The van der Waals surface area contributed by atoms with Crippen molar-refractivity contribution in [3.05, 3.63) is 52.8 Å². The number of benzene rings is 1. The molecule has 2 aromatic rings. The lowest BCUT2D eigenvalue weighted by atomic mass is 10.2. The first-order chi connectivity index (χ1) is 9.83. The van der Waals surface area contributed by atoms with Gasteiger partial charge in [0.2, 0.25) is 10.0 Å². The highest BCUT2D eigenvalue weighted by Gasteiger charge is 2.06. The van der Waals surface area contributed by atoms with Crippen LogP contribution in [-0.2, 0) is 16.6 Å². The number of nitrogens with one attached hydrogen (secondary N) is 2. The standard InChI is InChI=1S/C14H16ClN3O2S/c1-10-3-4-12(16-8-10)9-17-14-7-11(5-6-13(14)15)18-21(2,19)20/h3-8,17-18H,9H2,1-2H3. The van der Waals surface area contributed by atoms with Crippen LogP contribution in [0.15, 0.2) is 36.5 Å². The molecule has 0 amide bonds. The third-order valence-corrected chi connectivity index (χ3v) is 3.64. The van der Waals surface area contributed by atoms with E-state index in [1.54, 1.807) is 24.4 Å². The van der Waals surface area contributed by atoms with Gasteiger partial charge in [-0.1, -0.05) is 17.7 Å². The quantitative estimate of drug-likeness (QED) is 0.886. The molecule has 0 aliphatic heterocycles. The molecule has 5 nitrogen and oxygen atoms in total. The number of aromatic nitrogens is 1. The van der Waals surface area contributed by atoms with Crippen LogP contribution >= 0.6 is 11.6 Å². The molecule has 1 heterocycles. The summed E-state index contributed by atoms with van der Waals surface area (Å²) in [5.74, 6) is 0. The SMILES string of the molecule is Cc1ccc(CNc2cc(NS(C)(=O)=O)ccc2Cl)nc1. The van der Waals surface area contributed by atoms with Gasteiger partial charge in [0.25, 0.3) is 0 Å². The minimum Gasteiger partial charge on any atom is -0.378 e. The number of aryl methyl sites for hydroxylation is 1. The first-order valence-corrected chi connectivity index (χ1v) is 8.53. The van der Waals surface area contributed by atoms with Crippen molar-refractivity contribution in [1.82, 2.24) is 4.98 Å². The molecule has 7 heteroatoms. The number of hydrogen-bond acceptors (Lipinski definition) is 4. The molecule has 1 aromatic carbocycles. The molecule has 112 valence electrons. The second-order valence-electron chi connectivity index (χ2n) is 4.75. The Kier molecular flexibility index (Phi) is 4.69. The second kappa shape index (κ2) is 6.32. The Morgan fingerprint density at radius 1 is 1.24 bits per heavy atom. The molecule has 0 unspecified atom stereocenters. The summed E-state index contributed by atoms with van der Waals surface area (Å²) in [6.07, 6.45) is 2.89. The summed E-state index contributed by atoms with van der Waals surface area (Å²) in [6.45, 7) is 2.48. The van der Waals surface area contributed by atoms with Crippen LogP contribution in [0.25, 0.3) is 0 Å². The third-order valence-electron chi connectivity index (χ3n) is 2.70. The van der Waals surface area contributed by atoms with E-state index in [0.29, 0.717) is 22.9 Å². The van der Waals surface area contributed by atoms with Crippen LogP contribution < -0.4 is 10.0 Å². The van der Waals surface area contributed by atoms with Crippen molar-refractivity contribution >= 4 is 33.0 Å². The van der Waals surface area contributed by atoms with Gasteiger partial charge in [0, 0.05) is 6.20 Å². The molecule has 0 saturated heterocycles. The number of anilines is 2. The van der Waals surface area contributed by atoms with Crippen molar-refractivity contribution in [2.24, 2.45) is 0 Å². The molecule has 0 atom stereocenters. The Labute approximate surface area is 129 Å². The molecule has 0 bridgehead atoms. The molecule has 0 fully saturated rings. The number of rotatable bonds is 5. The second-order valence-corrected chi connectivity index (χ2v) is 6.90. The number of sulfonamides is 1. The van der Waals surface area contributed by atoms with Crippen molar-refractivity contribution in [3.8, 4) is 0 Å². The highest BCUT2D eigenvalue weighted by atomic mass is 35.5. The van der Waals surface area contributed by atoms with Gasteiger partial charge in [-0.3, -0.25) is 9.71 Å². The van der Waals surface area contributed by atoms with E-state index in [1.807, 2.05) is 19.1 Å². The van der Waals surface area contributed by atoms with Crippen LogP contribution in [0.4, 0.5) is 11.4 Å².